The molecule has 0 unspecified atom stereocenters. The molecular formula is C22H25N3OS. The van der Waals surface area contributed by atoms with Crippen molar-refractivity contribution in [2.75, 3.05) is 13.1 Å². The van der Waals surface area contributed by atoms with Crippen molar-refractivity contribution < 1.29 is 4.79 Å². The Kier molecular flexibility index (Phi) is 7.13. The fourth-order valence-corrected chi connectivity index (χ4v) is 3.48. The van der Waals surface area contributed by atoms with E-state index < -0.39 is 0 Å². The van der Waals surface area contributed by atoms with Gasteiger partial charge in [-0.25, -0.2) is 4.98 Å². The van der Waals surface area contributed by atoms with Gasteiger partial charge in [-0.3, -0.25) is 4.79 Å². The molecule has 3 rings (SSSR count). The van der Waals surface area contributed by atoms with Crippen LogP contribution in [0.3, 0.4) is 0 Å². The lowest BCUT2D eigenvalue weighted by atomic mass is 10.1. The van der Waals surface area contributed by atoms with Gasteiger partial charge in [0.25, 0.3) is 5.91 Å². The van der Waals surface area contributed by atoms with Gasteiger partial charge < -0.3 is 10.6 Å². The molecule has 0 aliphatic rings. The second kappa shape index (κ2) is 10.00. The molecule has 140 valence electrons. The van der Waals surface area contributed by atoms with Crippen LogP contribution < -0.4 is 10.6 Å². The third-order valence-electron chi connectivity index (χ3n) is 4.37. The Bertz CT molecular complexity index is 844. The Balaban J connectivity index is 1.36. The average molecular weight is 380 g/mol. The van der Waals surface area contributed by atoms with Gasteiger partial charge in [0, 0.05) is 35.8 Å². The molecule has 0 spiro atoms. The number of nitrogens with one attached hydrogen (secondary N) is 2. The highest BCUT2D eigenvalue weighted by Gasteiger charge is 2.06. The average Bonchev–Trinajstić information content (AvgIpc) is 3.25. The third kappa shape index (κ3) is 5.74. The molecule has 3 aromatic rings. The maximum Gasteiger partial charge on any atom is 0.251 e. The summed E-state index contributed by atoms with van der Waals surface area (Å²) in [6.45, 7) is 4.57. The molecule has 0 bridgehead atoms. The second-order valence-electron chi connectivity index (χ2n) is 6.37. The standard InChI is InChI=1S/C22H25N3OS/c1-2-17-5-3-6-18(15-17)16-23-11-4-12-24-21(26)19-7-9-20(10-8-19)22-25-13-14-27-22/h3,5-10,13-15,23H,2,4,11-12,16H2,1H3,(H,24,26). The molecule has 0 aliphatic carbocycles. The number of amides is 1. The van der Waals surface area contributed by atoms with E-state index >= 15 is 0 Å². The van der Waals surface area contributed by atoms with Crippen LogP contribution in [-0.4, -0.2) is 24.0 Å². The van der Waals surface area contributed by atoms with Crippen LogP contribution in [0.4, 0.5) is 0 Å². The summed E-state index contributed by atoms with van der Waals surface area (Å²) in [6.07, 6.45) is 3.75. The van der Waals surface area contributed by atoms with Gasteiger partial charge in [0.05, 0.1) is 0 Å². The number of aryl methyl sites for hydroxylation is 1. The molecule has 0 saturated heterocycles. The lowest BCUT2D eigenvalue weighted by Gasteiger charge is -2.08. The van der Waals surface area contributed by atoms with Gasteiger partial charge in [0.2, 0.25) is 0 Å². The quantitative estimate of drug-likeness (QED) is 0.546. The van der Waals surface area contributed by atoms with Gasteiger partial charge in [-0.2, -0.15) is 0 Å². The van der Waals surface area contributed by atoms with Crippen LogP contribution in [0.5, 0.6) is 0 Å². The van der Waals surface area contributed by atoms with E-state index in [0.717, 1.165) is 36.5 Å². The zero-order chi connectivity index (χ0) is 18.9. The number of benzene rings is 2. The minimum absolute atomic E-state index is 0.0312. The molecule has 0 saturated carbocycles. The Morgan fingerprint density at radius 2 is 1.89 bits per heavy atom. The van der Waals surface area contributed by atoms with Crippen LogP contribution in [0.2, 0.25) is 0 Å². The maximum absolute atomic E-state index is 12.2. The van der Waals surface area contributed by atoms with Crippen LogP contribution in [-0.2, 0) is 13.0 Å². The fourth-order valence-electron chi connectivity index (χ4n) is 2.84. The SMILES string of the molecule is CCc1cccc(CNCCCNC(=O)c2ccc(-c3nccs3)cc2)c1. The number of aromatic nitrogens is 1. The van der Waals surface area contributed by atoms with E-state index in [0.29, 0.717) is 12.1 Å². The summed E-state index contributed by atoms with van der Waals surface area (Å²) >= 11 is 1.59. The first-order chi connectivity index (χ1) is 13.3. The topological polar surface area (TPSA) is 54.0 Å². The number of rotatable bonds is 9. The van der Waals surface area contributed by atoms with E-state index in [1.165, 1.54) is 11.1 Å². The van der Waals surface area contributed by atoms with Crippen LogP contribution >= 0.6 is 11.3 Å². The predicted octanol–water partition coefficient (Wildman–Crippen LogP) is 4.28. The molecule has 5 heteroatoms. The Hall–Kier alpha value is -2.50. The van der Waals surface area contributed by atoms with Gasteiger partial charge in [0.15, 0.2) is 0 Å². The van der Waals surface area contributed by atoms with Crippen LogP contribution in [0.25, 0.3) is 10.6 Å². The van der Waals surface area contributed by atoms with E-state index in [9.17, 15) is 4.79 Å². The monoisotopic (exact) mass is 379 g/mol. The normalized spacial score (nSPS) is 10.7. The van der Waals surface area contributed by atoms with Crippen molar-refractivity contribution in [2.45, 2.75) is 26.3 Å². The molecule has 2 aromatic carbocycles. The summed E-state index contributed by atoms with van der Waals surface area (Å²) in [6, 6.07) is 16.2. The number of nitrogens with zero attached hydrogens (tertiary/aromatic N) is 1. The molecular weight excluding hydrogens is 354 g/mol. The van der Waals surface area contributed by atoms with Crippen molar-refractivity contribution in [3.05, 3.63) is 76.8 Å². The van der Waals surface area contributed by atoms with Gasteiger partial charge >= 0.3 is 0 Å². The van der Waals surface area contributed by atoms with Gasteiger partial charge in [0.1, 0.15) is 5.01 Å². The van der Waals surface area contributed by atoms with Gasteiger partial charge in [-0.1, -0.05) is 43.3 Å². The maximum atomic E-state index is 12.2. The predicted molar refractivity (Wildman–Crippen MR) is 112 cm³/mol. The summed E-state index contributed by atoms with van der Waals surface area (Å²) in [5.41, 5.74) is 4.39. The summed E-state index contributed by atoms with van der Waals surface area (Å²) in [5.74, 6) is -0.0312. The first-order valence-electron chi connectivity index (χ1n) is 9.33. The molecule has 0 radical (unpaired) electrons. The molecule has 1 aromatic heterocycles. The van der Waals surface area contributed by atoms with Crippen LogP contribution in [0.1, 0.15) is 34.8 Å². The van der Waals surface area contributed by atoms with Crippen molar-refractivity contribution in [1.82, 2.24) is 15.6 Å². The highest BCUT2D eigenvalue weighted by molar-refractivity contribution is 7.13. The first-order valence-corrected chi connectivity index (χ1v) is 10.2. The first kappa shape index (κ1) is 19.3. The largest absolute Gasteiger partial charge is 0.352 e. The molecule has 0 aliphatic heterocycles. The highest BCUT2D eigenvalue weighted by atomic mass is 32.1. The number of hydrogen-bond acceptors (Lipinski definition) is 4. The smallest absolute Gasteiger partial charge is 0.251 e. The van der Waals surface area contributed by atoms with E-state index in [1.54, 1.807) is 17.5 Å². The minimum Gasteiger partial charge on any atom is -0.352 e. The Labute approximate surface area is 164 Å². The number of hydrogen-bond donors (Lipinski definition) is 2. The van der Waals surface area contributed by atoms with Crippen molar-refractivity contribution in [3.63, 3.8) is 0 Å². The van der Waals surface area contributed by atoms with E-state index in [2.05, 4.69) is 46.8 Å². The summed E-state index contributed by atoms with van der Waals surface area (Å²) in [5, 5.41) is 9.33. The fraction of sp³-hybridized carbons (Fsp3) is 0.273. The van der Waals surface area contributed by atoms with Crippen LogP contribution in [0, 0.1) is 0 Å². The summed E-state index contributed by atoms with van der Waals surface area (Å²) < 4.78 is 0. The van der Waals surface area contributed by atoms with Gasteiger partial charge in [-0.05, 0) is 42.6 Å². The lowest BCUT2D eigenvalue weighted by Crippen LogP contribution is -2.27. The van der Waals surface area contributed by atoms with Crippen molar-refractivity contribution in [3.8, 4) is 10.6 Å². The molecule has 27 heavy (non-hydrogen) atoms. The third-order valence-corrected chi connectivity index (χ3v) is 5.19. The van der Waals surface area contributed by atoms with E-state index in [4.69, 9.17) is 0 Å². The van der Waals surface area contributed by atoms with Crippen molar-refractivity contribution >= 4 is 17.2 Å². The molecule has 4 nitrogen and oxygen atoms in total. The number of carbonyl (C=O) groups excluding carboxylic acids is 1. The van der Waals surface area contributed by atoms with E-state index in [-0.39, 0.29) is 5.91 Å². The summed E-state index contributed by atoms with van der Waals surface area (Å²) in [4.78, 5) is 16.5. The van der Waals surface area contributed by atoms with Crippen molar-refractivity contribution in [1.29, 1.82) is 0 Å². The Morgan fingerprint density at radius 1 is 1.07 bits per heavy atom. The molecule has 1 amide bonds. The highest BCUT2D eigenvalue weighted by Crippen LogP contribution is 2.21. The molecule has 1 heterocycles. The second-order valence-corrected chi connectivity index (χ2v) is 7.27. The van der Waals surface area contributed by atoms with Gasteiger partial charge in [-0.15, -0.1) is 11.3 Å². The minimum atomic E-state index is -0.0312. The summed E-state index contributed by atoms with van der Waals surface area (Å²) in [7, 11) is 0. The molecule has 0 atom stereocenters. The molecule has 0 fully saturated rings. The number of carbonyl (C=O) groups is 1. The van der Waals surface area contributed by atoms with Crippen molar-refractivity contribution in [2.24, 2.45) is 0 Å². The zero-order valence-electron chi connectivity index (χ0n) is 15.6. The molecule has 2 N–H and O–H groups in total. The number of thiazole rings is 1. The van der Waals surface area contributed by atoms with Crippen LogP contribution in [0.15, 0.2) is 60.1 Å². The lowest BCUT2D eigenvalue weighted by molar-refractivity contribution is 0.0953. The Morgan fingerprint density at radius 3 is 2.63 bits per heavy atom. The van der Waals surface area contributed by atoms with E-state index in [1.807, 2.05) is 29.6 Å². The zero-order valence-corrected chi connectivity index (χ0v) is 16.4.